The fourth-order valence-electron chi connectivity index (χ4n) is 2.84. The Morgan fingerprint density at radius 3 is 2.54 bits per heavy atom. The molecular formula is C21H20N4O3. The number of nitrogens with zero attached hydrogens (tertiary/aromatic N) is 2. The summed E-state index contributed by atoms with van der Waals surface area (Å²) in [6, 6.07) is 18.9. The second-order valence-corrected chi connectivity index (χ2v) is 6.28. The number of carbonyl (C=O) groups is 1. The molecule has 1 aromatic heterocycles. The maximum Gasteiger partial charge on any atom is 0.276 e. The third-order valence-electron chi connectivity index (χ3n) is 4.26. The molecule has 4 rings (SSSR count). The van der Waals surface area contributed by atoms with Crippen molar-refractivity contribution >= 4 is 17.4 Å². The summed E-state index contributed by atoms with van der Waals surface area (Å²) in [5, 5.41) is 14.1. The molecule has 142 valence electrons. The molecule has 2 N–H and O–H groups in total. The molecule has 0 aliphatic carbocycles. The molecule has 3 aromatic rings. The number of hydrogen-bond donors (Lipinski definition) is 2. The third-order valence-corrected chi connectivity index (χ3v) is 4.26. The van der Waals surface area contributed by atoms with E-state index in [1.807, 2.05) is 18.2 Å². The number of anilines is 2. The smallest absolute Gasteiger partial charge is 0.276 e. The molecule has 0 atom stereocenters. The number of ether oxygens (including phenoxy) is 2. The van der Waals surface area contributed by atoms with Crippen molar-refractivity contribution in [3.8, 4) is 11.5 Å². The molecular weight excluding hydrogens is 356 g/mol. The first-order valence-corrected chi connectivity index (χ1v) is 9.10. The second kappa shape index (κ2) is 8.39. The predicted molar refractivity (Wildman–Crippen MR) is 106 cm³/mol. The van der Waals surface area contributed by atoms with Gasteiger partial charge >= 0.3 is 0 Å². The Balaban J connectivity index is 1.32. The van der Waals surface area contributed by atoms with E-state index in [4.69, 9.17) is 9.47 Å². The molecule has 0 saturated heterocycles. The number of carbonyl (C=O) groups excluding carboxylic acids is 1. The normalized spacial score (nSPS) is 12.3. The molecule has 7 nitrogen and oxygen atoms in total. The molecule has 0 spiro atoms. The van der Waals surface area contributed by atoms with Crippen LogP contribution in [0.15, 0.2) is 60.7 Å². The van der Waals surface area contributed by atoms with E-state index in [0.29, 0.717) is 36.2 Å². The lowest BCUT2D eigenvalue weighted by Crippen LogP contribution is -2.17. The Hall–Kier alpha value is -3.61. The molecule has 1 amide bonds. The maximum absolute atomic E-state index is 12.4. The summed E-state index contributed by atoms with van der Waals surface area (Å²) in [5.74, 6) is 1.59. The Kier molecular flexibility index (Phi) is 5.33. The minimum atomic E-state index is -0.333. The van der Waals surface area contributed by atoms with Crippen molar-refractivity contribution in [1.29, 1.82) is 0 Å². The molecule has 0 radical (unpaired) electrons. The van der Waals surface area contributed by atoms with Crippen LogP contribution in [-0.4, -0.2) is 35.9 Å². The molecule has 1 aliphatic rings. The van der Waals surface area contributed by atoms with Gasteiger partial charge in [0.2, 0.25) is 0 Å². The summed E-state index contributed by atoms with van der Waals surface area (Å²) in [5.41, 5.74) is 2.10. The highest BCUT2D eigenvalue weighted by atomic mass is 16.6. The van der Waals surface area contributed by atoms with E-state index >= 15 is 0 Å². The number of fused-ring (bicyclic) bond motifs is 1. The summed E-state index contributed by atoms with van der Waals surface area (Å²) in [6.45, 7) is 1.76. The van der Waals surface area contributed by atoms with Gasteiger partial charge in [-0.25, -0.2) is 0 Å². The SMILES string of the molecule is O=C(Nc1ccc2c(c1)OCCO2)c1ccc(NCCc2ccccc2)nn1. The molecule has 0 bridgehead atoms. The molecule has 0 unspecified atom stereocenters. The Morgan fingerprint density at radius 2 is 1.75 bits per heavy atom. The van der Waals surface area contributed by atoms with Crippen molar-refractivity contribution < 1.29 is 14.3 Å². The zero-order valence-electron chi connectivity index (χ0n) is 15.2. The van der Waals surface area contributed by atoms with E-state index in [1.54, 1.807) is 30.3 Å². The average molecular weight is 376 g/mol. The van der Waals surface area contributed by atoms with Gasteiger partial charge in [-0.2, -0.15) is 0 Å². The van der Waals surface area contributed by atoms with Gasteiger partial charge in [-0.15, -0.1) is 10.2 Å². The van der Waals surface area contributed by atoms with Gasteiger partial charge in [0.05, 0.1) is 0 Å². The highest BCUT2D eigenvalue weighted by Gasteiger charge is 2.14. The zero-order chi connectivity index (χ0) is 19.2. The van der Waals surface area contributed by atoms with Crippen LogP contribution in [0.3, 0.4) is 0 Å². The number of aromatic nitrogens is 2. The van der Waals surface area contributed by atoms with Crippen LogP contribution in [0.25, 0.3) is 0 Å². The first-order chi connectivity index (χ1) is 13.8. The lowest BCUT2D eigenvalue weighted by Gasteiger charge is -2.18. The number of hydrogen-bond acceptors (Lipinski definition) is 6. The highest BCUT2D eigenvalue weighted by Crippen LogP contribution is 2.32. The van der Waals surface area contributed by atoms with Crippen LogP contribution in [0.5, 0.6) is 11.5 Å². The van der Waals surface area contributed by atoms with Gasteiger partial charge in [-0.3, -0.25) is 4.79 Å². The molecule has 2 heterocycles. The van der Waals surface area contributed by atoms with Crippen molar-refractivity contribution in [3.63, 3.8) is 0 Å². The van der Waals surface area contributed by atoms with E-state index in [9.17, 15) is 4.79 Å². The Labute approximate surface area is 162 Å². The second-order valence-electron chi connectivity index (χ2n) is 6.28. The van der Waals surface area contributed by atoms with Gasteiger partial charge in [0.1, 0.15) is 19.0 Å². The average Bonchev–Trinajstić information content (AvgIpc) is 2.75. The summed E-state index contributed by atoms with van der Waals surface area (Å²) >= 11 is 0. The lowest BCUT2D eigenvalue weighted by atomic mass is 10.1. The van der Waals surface area contributed by atoms with E-state index < -0.39 is 0 Å². The first kappa shape index (κ1) is 17.8. The van der Waals surface area contributed by atoms with Crippen LogP contribution in [0.2, 0.25) is 0 Å². The van der Waals surface area contributed by atoms with Crippen LogP contribution in [0.1, 0.15) is 16.1 Å². The fourth-order valence-corrected chi connectivity index (χ4v) is 2.84. The van der Waals surface area contributed by atoms with Crippen LogP contribution in [0.4, 0.5) is 11.5 Å². The van der Waals surface area contributed by atoms with E-state index in [-0.39, 0.29) is 11.6 Å². The number of amides is 1. The van der Waals surface area contributed by atoms with Crippen LogP contribution < -0.4 is 20.1 Å². The van der Waals surface area contributed by atoms with Crippen molar-refractivity contribution in [1.82, 2.24) is 10.2 Å². The van der Waals surface area contributed by atoms with Gasteiger partial charge in [-0.05, 0) is 36.2 Å². The van der Waals surface area contributed by atoms with Crippen molar-refractivity contribution in [2.75, 3.05) is 30.4 Å². The van der Waals surface area contributed by atoms with Crippen molar-refractivity contribution in [3.05, 3.63) is 71.9 Å². The molecule has 28 heavy (non-hydrogen) atoms. The van der Waals surface area contributed by atoms with Crippen LogP contribution in [-0.2, 0) is 6.42 Å². The molecule has 0 saturated carbocycles. The number of rotatable bonds is 6. The van der Waals surface area contributed by atoms with Crippen LogP contribution >= 0.6 is 0 Å². The molecule has 2 aromatic carbocycles. The maximum atomic E-state index is 12.4. The van der Waals surface area contributed by atoms with E-state index in [2.05, 4.69) is 33.0 Å². The fraction of sp³-hybridized carbons (Fsp3) is 0.190. The highest BCUT2D eigenvalue weighted by molar-refractivity contribution is 6.02. The standard InChI is InChI=1S/C21H20N4O3/c26-21(23-16-6-8-18-19(14-16)28-13-12-27-18)17-7-9-20(25-24-17)22-11-10-15-4-2-1-3-5-15/h1-9,14H,10-13H2,(H,22,25)(H,23,26). The summed E-state index contributed by atoms with van der Waals surface area (Å²) in [6.07, 6.45) is 0.884. The molecule has 0 fully saturated rings. The first-order valence-electron chi connectivity index (χ1n) is 9.10. The third kappa shape index (κ3) is 4.37. The quantitative estimate of drug-likeness (QED) is 0.687. The topological polar surface area (TPSA) is 85.4 Å². The summed E-state index contributed by atoms with van der Waals surface area (Å²) < 4.78 is 11.0. The minimum Gasteiger partial charge on any atom is -0.486 e. The summed E-state index contributed by atoms with van der Waals surface area (Å²) in [4.78, 5) is 12.4. The monoisotopic (exact) mass is 376 g/mol. The van der Waals surface area contributed by atoms with Crippen molar-refractivity contribution in [2.45, 2.75) is 6.42 Å². The van der Waals surface area contributed by atoms with E-state index in [1.165, 1.54) is 5.56 Å². The van der Waals surface area contributed by atoms with Gasteiger partial charge < -0.3 is 20.1 Å². The number of benzene rings is 2. The Morgan fingerprint density at radius 1 is 0.929 bits per heavy atom. The van der Waals surface area contributed by atoms with Crippen molar-refractivity contribution in [2.24, 2.45) is 0 Å². The van der Waals surface area contributed by atoms with Gasteiger partial charge in [0.25, 0.3) is 5.91 Å². The molecule has 7 heteroatoms. The van der Waals surface area contributed by atoms with Gasteiger partial charge in [-0.1, -0.05) is 30.3 Å². The minimum absolute atomic E-state index is 0.239. The largest absolute Gasteiger partial charge is 0.486 e. The predicted octanol–water partition coefficient (Wildman–Crippen LogP) is 3.15. The van der Waals surface area contributed by atoms with Crippen LogP contribution in [0, 0.1) is 0 Å². The van der Waals surface area contributed by atoms with Gasteiger partial charge in [0, 0.05) is 18.3 Å². The number of nitrogens with one attached hydrogen (secondary N) is 2. The lowest BCUT2D eigenvalue weighted by molar-refractivity contribution is 0.102. The Bertz CT molecular complexity index is 946. The van der Waals surface area contributed by atoms with Gasteiger partial charge in [0.15, 0.2) is 17.2 Å². The zero-order valence-corrected chi connectivity index (χ0v) is 15.2. The molecule has 1 aliphatic heterocycles. The van der Waals surface area contributed by atoms with E-state index in [0.717, 1.165) is 13.0 Å². The summed E-state index contributed by atoms with van der Waals surface area (Å²) in [7, 11) is 0.